The molecule has 0 aromatic heterocycles. The SMILES string of the molecule is C=CC=CC(=O)C=CC=C(C)CCCC(C)C. The van der Waals surface area contributed by atoms with Crippen molar-refractivity contribution >= 4 is 5.78 Å². The van der Waals surface area contributed by atoms with E-state index in [0.29, 0.717) is 0 Å². The Morgan fingerprint density at radius 3 is 2.47 bits per heavy atom. The van der Waals surface area contributed by atoms with Gasteiger partial charge in [-0.1, -0.05) is 56.7 Å². The van der Waals surface area contributed by atoms with Crippen LogP contribution < -0.4 is 0 Å². The second-order valence-electron chi connectivity index (χ2n) is 4.66. The van der Waals surface area contributed by atoms with Gasteiger partial charge in [-0.3, -0.25) is 4.79 Å². The van der Waals surface area contributed by atoms with Gasteiger partial charge in [0.2, 0.25) is 0 Å². The Balaban J connectivity index is 3.96. The van der Waals surface area contributed by atoms with Crippen LogP contribution in [0.2, 0.25) is 0 Å². The van der Waals surface area contributed by atoms with E-state index in [4.69, 9.17) is 0 Å². The number of rotatable bonds is 8. The lowest BCUT2D eigenvalue weighted by Crippen LogP contribution is -1.87. The topological polar surface area (TPSA) is 17.1 Å². The summed E-state index contributed by atoms with van der Waals surface area (Å²) in [6, 6.07) is 0. The highest BCUT2D eigenvalue weighted by molar-refractivity contribution is 5.99. The molecule has 0 aliphatic rings. The Morgan fingerprint density at radius 1 is 1.24 bits per heavy atom. The minimum Gasteiger partial charge on any atom is -0.290 e. The molecule has 0 aliphatic carbocycles. The van der Waals surface area contributed by atoms with Gasteiger partial charge in [0.25, 0.3) is 0 Å². The molecule has 0 N–H and O–H groups in total. The van der Waals surface area contributed by atoms with E-state index in [1.165, 1.54) is 24.5 Å². The lowest BCUT2D eigenvalue weighted by atomic mass is 10.0. The minimum absolute atomic E-state index is 0.00358. The van der Waals surface area contributed by atoms with Crippen molar-refractivity contribution in [3.8, 4) is 0 Å². The maximum Gasteiger partial charge on any atom is 0.178 e. The number of hydrogen-bond donors (Lipinski definition) is 0. The van der Waals surface area contributed by atoms with Crippen molar-refractivity contribution in [2.45, 2.75) is 40.0 Å². The summed E-state index contributed by atoms with van der Waals surface area (Å²) in [4.78, 5) is 11.2. The van der Waals surface area contributed by atoms with Crippen LogP contribution in [0.15, 0.2) is 48.6 Å². The highest BCUT2D eigenvalue weighted by Crippen LogP contribution is 2.11. The molecule has 0 fully saturated rings. The quantitative estimate of drug-likeness (QED) is 0.440. The molecule has 0 saturated carbocycles. The van der Waals surface area contributed by atoms with E-state index in [-0.39, 0.29) is 5.78 Å². The predicted molar refractivity (Wildman–Crippen MR) is 75.9 cm³/mol. The number of carbonyl (C=O) groups excluding carboxylic acids is 1. The second-order valence-corrected chi connectivity index (χ2v) is 4.66. The predicted octanol–water partition coefficient (Wildman–Crippen LogP) is 4.63. The summed E-state index contributed by atoms with van der Waals surface area (Å²) in [7, 11) is 0. The van der Waals surface area contributed by atoms with Crippen LogP contribution in [0, 0.1) is 5.92 Å². The number of allylic oxidation sites excluding steroid dienone is 7. The van der Waals surface area contributed by atoms with Crippen LogP contribution in [-0.2, 0) is 4.79 Å². The summed E-state index contributed by atoms with van der Waals surface area (Å²) in [6.45, 7) is 10.1. The molecular weight excluding hydrogens is 208 g/mol. The fraction of sp³-hybridized carbons (Fsp3) is 0.438. The Bertz CT molecular complexity index is 316. The number of carbonyl (C=O) groups is 1. The van der Waals surface area contributed by atoms with Crippen molar-refractivity contribution in [3.05, 3.63) is 48.6 Å². The smallest absolute Gasteiger partial charge is 0.178 e. The molecule has 0 atom stereocenters. The molecule has 0 unspecified atom stereocenters. The summed E-state index contributed by atoms with van der Waals surface area (Å²) in [5.41, 5.74) is 1.32. The van der Waals surface area contributed by atoms with Crippen LogP contribution in [0.3, 0.4) is 0 Å². The summed E-state index contributed by atoms with van der Waals surface area (Å²) in [5.74, 6) is 0.764. The van der Waals surface area contributed by atoms with Gasteiger partial charge in [-0.25, -0.2) is 0 Å². The van der Waals surface area contributed by atoms with Gasteiger partial charge in [0.15, 0.2) is 5.78 Å². The van der Waals surface area contributed by atoms with E-state index >= 15 is 0 Å². The molecule has 0 rings (SSSR count). The highest BCUT2D eigenvalue weighted by Gasteiger charge is 1.94. The van der Waals surface area contributed by atoms with Gasteiger partial charge in [0.1, 0.15) is 0 Å². The van der Waals surface area contributed by atoms with Crippen molar-refractivity contribution in [2.24, 2.45) is 5.92 Å². The molecule has 0 spiro atoms. The zero-order valence-corrected chi connectivity index (χ0v) is 11.3. The van der Waals surface area contributed by atoms with E-state index in [0.717, 1.165) is 12.3 Å². The standard InChI is InChI=1S/C16H24O/c1-5-6-12-16(17)13-8-11-15(4)10-7-9-14(2)3/h5-6,8,11-14H,1,7,9-10H2,2-4H3. The molecule has 0 saturated heterocycles. The summed E-state index contributed by atoms with van der Waals surface area (Å²) >= 11 is 0. The van der Waals surface area contributed by atoms with Gasteiger partial charge in [0.05, 0.1) is 0 Å². The molecule has 0 aromatic rings. The minimum atomic E-state index is -0.00358. The average molecular weight is 232 g/mol. The maximum atomic E-state index is 11.2. The Morgan fingerprint density at radius 2 is 1.88 bits per heavy atom. The van der Waals surface area contributed by atoms with Gasteiger partial charge in [0, 0.05) is 0 Å². The van der Waals surface area contributed by atoms with Crippen molar-refractivity contribution in [3.63, 3.8) is 0 Å². The lowest BCUT2D eigenvalue weighted by Gasteiger charge is -2.03. The first-order valence-electron chi connectivity index (χ1n) is 6.23. The zero-order valence-electron chi connectivity index (χ0n) is 11.3. The molecule has 0 radical (unpaired) electrons. The molecule has 1 nitrogen and oxygen atoms in total. The molecule has 0 heterocycles. The van der Waals surface area contributed by atoms with E-state index in [9.17, 15) is 4.79 Å². The first kappa shape index (κ1) is 15.6. The summed E-state index contributed by atoms with van der Waals surface area (Å²) < 4.78 is 0. The fourth-order valence-corrected chi connectivity index (χ4v) is 1.40. The molecule has 1 heteroatoms. The first-order chi connectivity index (χ1) is 8.06. The monoisotopic (exact) mass is 232 g/mol. The van der Waals surface area contributed by atoms with Crippen LogP contribution in [0.5, 0.6) is 0 Å². The maximum absolute atomic E-state index is 11.2. The van der Waals surface area contributed by atoms with Crippen LogP contribution in [0.4, 0.5) is 0 Å². The van der Waals surface area contributed by atoms with Gasteiger partial charge in [-0.15, -0.1) is 0 Å². The average Bonchev–Trinajstić information content (AvgIpc) is 2.25. The molecular formula is C16H24O. The van der Waals surface area contributed by atoms with Gasteiger partial charge in [-0.05, 0) is 37.8 Å². The molecule has 0 aliphatic heterocycles. The van der Waals surface area contributed by atoms with Gasteiger partial charge >= 0.3 is 0 Å². The number of ketones is 1. The van der Waals surface area contributed by atoms with Crippen molar-refractivity contribution in [2.75, 3.05) is 0 Å². The molecule has 17 heavy (non-hydrogen) atoms. The van der Waals surface area contributed by atoms with E-state index in [1.54, 1.807) is 18.2 Å². The lowest BCUT2D eigenvalue weighted by molar-refractivity contribution is -0.110. The second kappa shape index (κ2) is 9.83. The van der Waals surface area contributed by atoms with Gasteiger partial charge in [-0.2, -0.15) is 0 Å². The van der Waals surface area contributed by atoms with Crippen LogP contribution >= 0.6 is 0 Å². The Labute approximate surface area is 106 Å². The largest absolute Gasteiger partial charge is 0.290 e. The van der Waals surface area contributed by atoms with E-state index < -0.39 is 0 Å². The molecule has 0 bridgehead atoms. The summed E-state index contributed by atoms with van der Waals surface area (Å²) in [6.07, 6.45) is 13.7. The molecule has 0 amide bonds. The molecule has 0 aromatic carbocycles. The highest BCUT2D eigenvalue weighted by atomic mass is 16.1. The zero-order chi connectivity index (χ0) is 13.1. The van der Waals surface area contributed by atoms with Gasteiger partial charge < -0.3 is 0 Å². The Hall–Kier alpha value is -1.37. The van der Waals surface area contributed by atoms with Crippen LogP contribution in [0.1, 0.15) is 40.0 Å². The van der Waals surface area contributed by atoms with Crippen LogP contribution in [-0.4, -0.2) is 5.78 Å². The molecule has 94 valence electrons. The first-order valence-corrected chi connectivity index (χ1v) is 6.23. The third kappa shape index (κ3) is 10.9. The van der Waals surface area contributed by atoms with E-state index in [2.05, 4.69) is 27.4 Å². The number of hydrogen-bond acceptors (Lipinski definition) is 1. The van der Waals surface area contributed by atoms with E-state index in [1.807, 2.05) is 12.2 Å². The van der Waals surface area contributed by atoms with Crippen molar-refractivity contribution in [1.29, 1.82) is 0 Å². The summed E-state index contributed by atoms with van der Waals surface area (Å²) in [5, 5.41) is 0. The third-order valence-electron chi connectivity index (χ3n) is 2.39. The van der Waals surface area contributed by atoms with Crippen molar-refractivity contribution < 1.29 is 4.79 Å². The normalized spacial score (nSPS) is 12.8. The fourth-order valence-electron chi connectivity index (χ4n) is 1.40. The van der Waals surface area contributed by atoms with Crippen molar-refractivity contribution in [1.82, 2.24) is 0 Å². The Kier molecular flexibility index (Phi) is 9.04. The third-order valence-corrected chi connectivity index (χ3v) is 2.39. The van der Waals surface area contributed by atoms with Crippen LogP contribution in [0.25, 0.3) is 0 Å².